The zero-order valence-electron chi connectivity index (χ0n) is 39.0. The fourth-order valence-electron chi connectivity index (χ4n) is 13.4. The van der Waals surface area contributed by atoms with Gasteiger partial charge in [-0.1, -0.05) is 205 Å². The number of ether oxygens (including phenoxy) is 1. The van der Waals surface area contributed by atoms with E-state index in [1.165, 1.54) is 128 Å². The van der Waals surface area contributed by atoms with E-state index in [-0.39, 0.29) is 35.2 Å². The lowest BCUT2D eigenvalue weighted by Crippen LogP contribution is -2.40. The highest BCUT2D eigenvalue weighted by Gasteiger charge is 2.46. The summed E-state index contributed by atoms with van der Waals surface area (Å²) in [4.78, 5) is 0. The van der Waals surface area contributed by atoms with Crippen LogP contribution in [-0.4, -0.2) is 0 Å². The molecule has 2 aromatic carbocycles. The second-order valence-electron chi connectivity index (χ2n) is 21.0. The molecule has 0 saturated heterocycles. The van der Waals surface area contributed by atoms with E-state index in [2.05, 4.69) is 13.8 Å². The van der Waals surface area contributed by atoms with Crippen LogP contribution >= 0.6 is 0 Å². The molecule has 61 heavy (non-hydrogen) atoms. The Labute approximate surface area is 370 Å². The molecule has 2 aromatic rings. The summed E-state index contributed by atoms with van der Waals surface area (Å²) in [6.07, 6.45) is 40.9. The van der Waals surface area contributed by atoms with E-state index in [9.17, 15) is 0 Å². The van der Waals surface area contributed by atoms with Gasteiger partial charge in [-0.3, -0.25) is 0 Å². The summed E-state index contributed by atoms with van der Waals surface area (Å²) in [7, 11) is 0. The van der Waals surface area contributed by atoms with Gasteiger partial charge >= 0.3 is 0 Å². The summed E-state index contributed by atoms with van der Waals surface area (Å²) in [5.74, 6) is -0.813. The summed E-state index contributed by atoms with van der Waals surface area (Å²) in [6, 6.07) is 7.09. The first-order valence-electron chi connectivity index (χ1n) is 26.4. The summed E-state index contributed by atoms with van der Waals surface area (Å²) >= 11 is 0. The summed E-state index contributed by atoms with van der Waals surface area (Å²) < 4.78 is 70.5. The van der Waals surface area contributed by atoms with Crippen molar-refractivity contribution in [3.63, 3.8) is 0 Å². The molecule has 0 aromatic heterocycles. The highest BCUT2D eigenvalue weighted by Crippen LogP contribution is 2.54. The molecule has 4 aliphatic rings. The highest BCUT2D eigenvalue weighted by molar-refractivity contribution is 5.35. The number of hydrogen-bond acceptors (Lipinski definition) is 1. The lowest BCUT2D eigenvalue weighted by atomic mass is 9.57. The van der Waals surface area contributed by atoms with Gasteiger partial charge in [0, 0.05) is 22.0 Å². The molecule has 0 spiro atoms. The normalized spacial score (nSPS) is 24.2. The van der Waals surface area contributed by atoms with Crippen molar-refractivity contribution in [2.45, 2.75) is 256 Å². The molecule has 344 valence electrons. The van der Waals surface area contributed by atoms with Gasteiger partial charge in [0.05, 0.1) is 13.2 Å². The molecule has 0 N–H and O–H groups in total. The number of rotatable bonds is 24. The predicted molar refractivity (Wildman–Crippen MR) is 247 cm³/mol. The molecular formula is C56H86F4O. The monoisotopic (exact) mass is 851 g/mol. The quantitative estimate of drug-likeness (QED) is 0.0755. The van der Waals surface area contributed by atoms with E-state index in [0.717, 1.165) is 102 Å². The van der Waals surface area contributed by atoms with Crippen LogP contribution in [0.3, 0.4) is 0 Å². The minimum absolute atomic E-state index is 0.145. The van der Waals surface area contributed by atoms with Crippen LogP contribution in [-0.2, 0) is 28.8 Å². The van der Waals surface area contributed by atoms with Crippen LogP contribution in [0.25, 0.3) is 0 Å². The Morgan fingerprint density at radius 3 is 1.13 bits per heavy atom. The van der Waals surface area contributed by atoms with E-state index < -0.39 is 23.3 Å². The van der Waals surface area contributed by atoms with Gasteiger partial charge in [-0.25, -0.2) is 17.6 Å². The lowest BCUT2D eigenvalue weighted by molar-refractivity contribution is 0.0995. The van der Waals surface area contributed by atoms with Crippen LogP contribution < -0.4 is 0 Å². The topological polar surface area (TPSA) is 9.23 Å². The third-order valence-electron chi connectivity index (χ3n) is 17.1. The van der Waals surface area contributed by atoms with Crippen LogP contribution in [0, 0.1) is 46.9 Å². The van der Waals surface area contributed by atoms with Gasteiger partial charge < -0.3 is 4.74 Å². The van der Waals surface area contributed by atoms with Gasteiger partial charge in [0.2, 0.25) is 0 Å². The first-order valence-corrected chi connectivity index (χ1v) is 26.4. The van der Waals surface area contributed by atoms with E-state index in [0.29, 0.717) is 23.0 Å². The molecular weight excluding hydrogens is 765 g/mol. The van der Waals surface area contributed by atoms with Gasteiger partial charge in [-0.2, -0.15) is 0 Å². The molecule has 0 atom stereocenters. The third kappa shape index (κ3) is 12.7. The maximum Gasteiger partial charge on any atom is 0.164 e. The molecule has 0 bridgehead atoms. The number of unbranched alkanes of at least 4 members (excludes halogenated alkanes) is 12. The molecule has 0 amide bonds. The first kappa shape index (κ1) is 48.6. The zero-order chi connectivity index (χ0) is 42.9. The van der Waals surface area contributed by atoms with Crippen molar-refractivity contribution >= 4 is 0 Å². The van der Waals surface area contributed by atoms with Gasteiger partial charge in [-0.05, 0) is 86.2 Å². The SMILES string of the molecule is CCCCCCCCCC1CCC(C2(c3ccc(COCc4ccc(C5(C6CCC(CCCCCCCCC)CC6)CCCCC5)c(F)c4F)c(F)c3F)CCCCC2)CC1. The molecule has 5 heteroatoms. The Kier molecular flexibility index (Phi) is 19.9. The molecule has 0 heterocycles. The minimum Gasteiger partial charge on any atom is -0.372 e. The molecule has 0 radical (unpaired) electrons. The highest BCUT2D eigenvalue weighted by atomic mass is 19.2. The van der Waals surface area contributed by atoms with Crippen LogP contribution in [0.5, 0.6) is 0 Å². The van der Waals surface area contributed by atoms with E-state index in [1.807, 2.05) is 12.1 Å². The van der Waals surface area contributed by atoms with Crippen LogP contribution in [0.1, 0.15) is 254 Å². The van der Waals surface area contributed by atoms with Crippen molar-refractivity contribution in [1.82, 2.24) is 0 Å². The Bertz CT molecular complexity index is 1440. The Morgan fingerprint density at radius 1 is 0.426 bits per heavy atom. The Morgan fingerprint density at radius 2 is 0.770 bits per heavy atom. The number of halogens is 4. The van der Waals surface area contributed by atoms with E-state index >= 15 is 17.6 Å². The first-order chi connectivity index (χ1) is 29.8. The van der Waals surface area contributed by atoms with E-state index in [4.69, 9.17) is 4.74 Å². The summed E-state index contributed by atoms with van der Waals surface area (Å²) in [5, 5.41) is 0. The fourth-order valence-corrected chi connectivity index (χ4v) is 13.4. The van der Waals surface area contributed by atoms with Crippen molar-refractivity contribution in [3.05, 3.63) is 69.8 Å². The van der Waals surface area contributed by atoms with Crippen molar-refractivity contribution in [1.29, 1.82) is 0 Å². The number of hydrogen-bond donors (Lipinski definition) is 0. The minimum atomic E-state index is -0.839. The van der Waals surface area contributed by atoms with Gasteiger partial charge in [0.15, 0.2) is 23.3 Å². The van der Waals surface area contributed by atoms with Crippen molar-refractivity contribution < 1.29 is 22.3 Å². The molecule has 4 aliphatic carbocycles. The molecule has 0 aliphatic heterocycles. The third-order valence-corrected chi connectivity index (χ3v) is 17.1. The fraction of sp³-hybridized carbons (Fsp3) is 0.786. The Hall–Kier alpha value is -1.88. The van der Waals surface area contributed by atoms with Crippen molar-refractivity contribution in [2.24, 2.45) is 23.7 Å². The van der Waals surface area contributed by atoms with Crippen LogP contribution in [0.4, 0.5) is 17.6 Å². The zero-order valence-corrected chi connectivity index (χ0v) is 39.0. The molecule has 4 fully saturated rings. The van der Waals surface area contributed by atoms with Gasteiger partial charge in [0.1, 0.15) is 0 Å². The van der Waals surface area contributed by atoms with Crippen LogP contribution in [0.15, 0.2) is 24.3 Å². The predicted octanol–water partition coefficient (Wildman–Crippen LogP) is 18.3. The summed E-state index contributed by atoms with van der Waals surface area (Å²) in [6.45, 7) is 4.16. The maximum atomic E-state index is 16.3. The molecule has 4 saturated carbocycles. The van der Waals surface area contributed by atoms with Crippen molar-refractivity contribution in [3.8, 4) is 0 Å². The van der Waals surface area contributed by atoms with Gasteiger partial charge in [-0.15, -0.1) is 0 Å². The maximum absolute atomic E-state index is 16.3. The summed E-state index contributed by atoms with van der Waals surface area (Å²) in [5.41, 5.74) is 0.797. The Balaban J connectivity index is 1.03. The second kappa shape index (κ2) is 25.0. The number of benzene rings is 2. The van der Waals surface area contributed by atoms with Gasteiger partial charge in [0.25, 0.3) is 0 Å². The lowest BCUT2D eigenvalue weighted by Gasteiger charge is -2.47. The smallest absolute Gasteiger partial charge is 0.164 e. The largest absolute Gasteiger partial charge is 0.372 e. The average molecular weight is 851 g/mol. The van der Waals surface area contributed by atoms with Crippen LogP contribution in [0.2, 0.25) is 0 Å². The second-order valence-corrected chi connectivity index (χ2v) is 21.0. The molecule has 0 unspecified atom stereocenters. The molecule has 1 nitrogen and oxygen atoms in total. The molecule has 6 rings (SSSR count). The standard InChI is InChI=1S/C56H86F4O/c1-3-5-7-9-11-13-17-23-43-25-31-47(32-26-43)55(37-19-15-20-38-55)49-35-29-45(51(57)53(49)59)41-61-42-46-30-36-50(54(60)52(46)58)56(39-21-16-22-40-56)48-33-27-44(28-34-48)24-18-14-12-10-8-6-4-2/h29-30,35-36,43-44,47-48H,3-28,31-34,37-42H2,1-2H3. The van der Waals surface area contributed by atoms with E-state index in [1.54, 1.807) is 12.1 Å². The average Bonchev–Trinajstić information content (AvgIpc) is 3.29. The van der Waals surface area contributed by atoms with Crippen molar-refractivity contribution in [2.75, 3.05) is 0 Å².